The highest BCUT2D eigenvalue weighted by Crippen LogP contribution is 2.29. The van der Waals surface area contributed by atoms with E-state index in [0.29, 0.717) is 24.4 Å². The van der Waals surface area contributed by atoms with Crippen LogP contribution in [0.3, 0.4) is 0 Å². The molecule has 1 aliphatic carbocycles. The number of nitrogens with one attached hydrogen (secondary N) is 1. The first-order valence-electron chi connectivity index (χ1n) is 9.55. The van der Waals surface area contributed by atoms with E-state index < -0.39 is 0 Å². The first kappa shape index (κ1) is 18.2. The van der Waals surface area contributed by atoms with Crippen molar-refractivity contribution in [3.05, 3.63) is 30.1 Å². The molecule has 0 aromatic heterocycles. The molecule has 1 aliphatic heterocycles. The van der Waals surface area contributed by atoms with Crippen molar-refractivity contribution >= 4 is 11.6 Å². The highest BCUT2D eigenvalue weighted by atomic mass is 19.1. The average molecular weight is 347 g/mol. The Morgan fingerprint density at radius 3 is 2.48 bits per heavy atom. The normalized spacial score (nSPS) is 28.0. The van der Waals surface area contributed by atoms with Crippen LogP contribution in [-0.2, 0) is 4.79 Å². The summed E-state index contributed by atoms with van der Waals surface area (Å²) in [4.78, 5) is 16.9. The molecule has 0 unspecified atom stereocenters. The van der Waals surface area contributed by atoms with Gasteiger partial charge < -0.3 is 10.2 Å². The Bertz CT molecular complexity index is 569. The van der Waals surface area contributed by atoms with Crippen LogP contribution in [0, 0.1) is 17.7 Å². The van der Waals surface area contributed by atoms with Crippen LogP contribution in [0.5, 0.6) is 0 Å². The minimum Gasteiger partial charge on any atom is -0.369 e. The first-order valence-corrected chi connectivity index (χ1v) is 9.55. The van der Waals surface area contributed by atoms with Crippen LogP contribution in [0.25, 0.3) is 0 Å². The molecule has 4 nitrogen and oxygen atoms in total. The predicted octanol–water partition coefficient (Wildman–Crippen LogP) is 2.89. The van der Waals surface area contributed by atoms with Crippen LogP contribution in [0.2, 0.25) is 0 Å². The van der Waals surface area contributed by atoms with Gasteiger partial charge in [-0.1, -0.05) is 26.7 Å². The number of carbonyl (C=O) groups is 1. The molecular formula is C20H30FN3O. The predicted molar refractivity (Wildman–Crippen MR) is 99.2 cm³/mol. The van der Waals surface area contributed by atoms with E-state index >= 15 is 0 Å². The van der Waals surface area contributed by atoms with Crippen molar-refractivity contribution in [2.24, 2.45) is 11.8 Å². The third-order valence-corrected chi connectivity index (χ3v) is 5.98. The van der Waals surface area contributed by atoms with Gasteiger partial charge in [0.25, 0.3) is 0 Å². The molecule has 0 bridgehead atoms. The Hall–Kier alpha value is -1.62. The van der Waals surface area contributed by atoms with Crippen molar-refractivity contribution in [1.29, 1.82) is 0 Å². The molecule has 1 aromatic rings. The SMILES string of the molecule is C[C@H]1[C@H](C)CCC[C@H]1NC(=O)CN1CCN(c2ccc(F)cc2)CC1. The van der Waals surface area contributed by atoms with Crippen molar-refractivity contribution in [1.82, 2.24) is 10.2 Å². The second kappa shape index (κ2) is 8.17. The van der Waals surface area contributed by atoms with Gasteiger partial charge in [-0.25, -0.2) is 4.39 Å². The van der Waals surface area contributed by atoms with E-state index in [9.17, 15) is 9.18 Å². The number of carbonyl (C=O) groups excluding carboxylic acids is 1. The Morgan fingerprint density at radius 1 is 1.12 bits per heavy atom. The molecule has 1 saturated heterocycles. The lowest BCUT2D eigenvalue weighted by Crippen LogP contribution is -2.52. The molecule has 2 aliphatic rings. The standard InChI is InChI=1S/C20H30FN3O/c1-15-4-3-5-19(16(15)2)22-20(25)14-23-10-12-24(13-11-23)18-8-6-17(21)7-9-18/h6-9,15-16,19H,3-5,10-14H2,1-2H3,(H,22,25)/t15-,16+,19-/m1/s1. The van der Waals surface area contributed by atoms with Gasteiger partial charge in [0.15, 0.2) is 0 Å². The number of rotatable bonds is 4. The van der Waals surface area contributed by atoms with Crippen LogP contribution in [0.4, 0.5) is 10.1 Å². The van der Waals surface area contributed by atoms with Crippen molar-refractivity contribution in [2.45, 2.75) is 39.2 Å². The first-order chi connectivity index (χ1) is 12.0. The summed E-state index contributed by atoms with van der Waals surface area (Å²) in [5.74, 6) is 1.21. The second-order valence-electron chi connectivity index (χ2n) is 7.68. The van der Waals surface area contributed by atoms with Crippen LogP contribution in [0.15, 0.2) is 24.3 Å². The second-order valence-corrected chi connectivity index (χ2v) is 7.68. The minimum absolute atomic E-state index is 0.154. The molecule has 3 atom stereocenters. The zero-order valence-electron chi connectivity index (χ0n) is 15.4. The van der Waals surface area contributed by atoms with Gasteiger partial charge in [-0.15, -0.1) is 0 Å². The van der Waals surface area contributed by atoms with E-state index in [2.05, 4.69) is 29.0 Å². The number of piperazine rings is 1. The van der Waals surface area contributed by atoms with Crippen LogP contribution in [0.1, 0.15) is 33.1 Å². The van der Waals surface area contributed by atoms with Crippen molar-refractivity contribution in [2.75, 3.05) is 37.6 Å². The molecule has 1 heterocycles. The highest BCUT2D eigenvalue weighted by molar-refractivity contribution is 5.78. The summed E-state index contributed by atoms with van der Waals surface area (Å²) in [5, 5.41) is 3.26. The fourth-order valence-corrected chi connectivity index (χ4v) is 4.06. The summed E-state index contributed by atoms with van der Waals surface area (Å²) >= 11 is 0. The van der Waals surface area contributed by atoms with E-state index in [0.717, 1.165) is 38.3 Å². The Morgan fingerprint density at radius 2 is 1.80 bits per heavy atom. The maximum Gasteiger partial charge on any atom is 0.234 e. The molecule has 25 heavy (non-hydrogen) atoms. The topological polar surface area (TPSA) is 35.6 Å². The number of hydrogen-bond donors (Lipinski definition) is 1. The summed E-state index contributed by atoms with van der Waals surface area (Å²) in [6.07, 6.45) is 3.60. The van der Waals surface area contributed by atoms with Gasteiger partial charge >= 0.3 is 0 Å². The number of hydrogen-bond acceptors (Lipinski definition) is 3. The maximum atomic E-state index is 13.0. The number of nitrogens with zero attached hydrogens (tertiary/aromatic N) is 2. The summed E-state index contributed by atoms with van der Waals surface area (Å²) in [6, 6.07) is 6.98. The zero-order chi connectivity index (χ0) is 17.8. The minimum atomic E-state index is -0.203. The maximum absolute atomic E-state index is 13.0. The average Bonchev–Trinajstić information content (AvgIpc) is 2.60. The molecule has 5 heteroatoms. The van der Waals surface area contributed by atoms with Gasteiger partial charge in [0.1, 0.15) is 5.82 Å². The van der Waals surface area contributed by atoms with Crippen LogP contribution >= 0.6 is 0 Å². The molecule has 0 radical (unpaired) electrons. The third kappa shape index (κ3) is 4.72. The van der Waals surface area contributed by atoms with E-state index in [1.165, 1.54) is 25.0 Å². The zero-order valence-corrected chi connectivity index (χ0v) is 15.4. The van der Waals surface area contributed by atoms with Gasteiger partial charge in [0.05, 0.1) is 6.54 Å². The van der Waals surface area contributed by atoms with Crippen LogP contribution < -0.4 is 10.2 Å². The molecule has 2 fully saturated rings. The largest absolute Gasteiger partial charge is 0.369 e. The smallest absolute Gasteiger partial charge is 0.234 e. The Labute approximate surface area is 150 Å². The molecule has 1 saturated carbocycles. The number of amides is 1. The number of halogens is 1. The van der Waals surface area contributed by atoms with Gasteiger partial charge in [-0.2, -0.15) is 0 Å². The molecule has 1 amide bonds. The highest BCUT2D eigenvalue weighted by Gasteiger charge is 2.28. The van der Waals surface area contributed by atoms with Gasteiger partial charge in [-0.3, -0.25) is 9.69 Å². The van der Waals surface area contributed by atoms with Crippen molar-refractivity contribution < 1.29 is 9.18 Å². The van der Waals surface area contributed by atoms with E-state index in [1.807, 2.05) is 12.1 Å². The van der Waals surface area contributed by atoms with Gasteiger partial charge in [0.2, 0.25) is 5.91 Å². The monoisotopic (exact) mass is 347 g/mol. The molecule has 1 aromatic carbocycles. The fourth-order valence-electron chi connectivity index (χ4n) is 4.06. The summed E-state index contributed by atoms with van der Waals surface area (Å²) in [5.41, 5.74) is 1.05. The summed E-state index contributed by atoms with van der Waals surface area (Å²) in [6.45, 7) is 8.50. The number of anilines is 1. The van der Waals surface area contributed by atoms with Gasteiger partial charge in [-0.05, 0) is 42.5 Å². The fraction of sp³-hybridized carbons (Fsp3) is 0.650. The quantitative estimate of drug-likeness (QED) is 0.910. The third-order valence-electron chi connectivity index (χ3n) is 5.98. The molecule has 1 N–H and O–H groups in total. The lowest BCUT2D eigenvalue weighted by atomic mass is 9.78. The van der Waals surface area contributed by atoms with Gasteiger partial charge in [0, 0.05) is 37.9 Å². The van der Waals surface area contributed by atoms with Crippen molar-refractivity contribution in [3.63, 3.8) is 0 Å². The lowest BCUT2D eigenvalue weighted by Gasteiger charge is -2.37. The van der Waals surface area contributed by atoms with Crippen LogP contribution in [-0.4, -0.2) is 49.6 Å². The summed E-state index contributed by atoms with van der Waals surface area (Å²) < 4.78 is 13.0. The molecule has 138 valence electrons. The van der Waals surface area contributed by atoms with E-state index in [-0.39, 0.29) is 11.7 Å². The Kier molecular flexibility index (Phi) is 5.94. The summed E-state index contributed by atoms with van der Waals surface area (Å²) in [7, 11) is 0. The molecule has 3 rings (SSSR count). The van der Waals surface area contributed by atoms with E-state index in [4.69, 9.17) is 0 Å². The van der Waals surface area contributed by atoms with E-state index in [1.54, 1.807) is 0 Å². The lowest BCUT2D eigenvalue weighted by molar-refractivity contribution is -0.123. The Balaban J connectivity index is 1.44. The van der Waals surface area contributed by atoms with Crippen molar-refractivity contribution in [3.8, 4) is 0 Å². The molecule has 0 spiro atoms. The number of benzene rings is 1. The molecular weight excluding hydrogens is 317 g/mol.